The number of furan rings is 1. The van der Waals surface area contributed by atoms with Gasteiger partial charge in [-0.3, -0.25) is 0 Å². The van der Waals surface area contributed by atoms with Crippen molar-refractivity contribution in [3.63, 3.8) is 0 Å². The van der Waals surface area contributed by atoms with E-state index < -0.39 is 0 Å². The summed E-state index contributed by atoms with van der Waals surface area (Å²) in [5.74, 6) is 0. The van der Waals surface area contributed by atoms with Crippen LogP contribution in [0.3, 0.4) is 0 Å². The van der Waals surface area contributed by atoms with Crippen molar-refractivity contribution in [3.8, 4) is 33.6 Å². The lowest BCUT2D eigenvalue weighted by Gasteiger charge is -2.10. The van der Waals surface area contributed by atoms with Crippen molar-refractivity contribution in [3.05, 3.63) is 182 Å². The number of hydrogen-bond acceptors (Lipinski definition) is 1. The van der Waals surface area contributed by atoms with Crippen molar-refractivity contribution >= 4 is 65.6 Å². The van der Waals surface area contributed by atoms with Gasteiger partial charge >= 0.3 is 0 Å². The highest BCUT2D eigenvalue weighted by Crippen LogP contribution is 2.42. The molecule has 0 fully saturated rings. The Morgan fingerprint density at radius 1 is 0.314 bits per heavy atom. The molecule has 0 saturated carbocycles. The van der Waals surface area contributed by atoms with Crippen molar-refractivity contribution in [1.82, 2.24) is 9.13 Å². The quantitative estimate of drug-likeness (QED) is 0.186. The van der Waals surface area contributed by atoms with E-state index in [0.717, 1.165) is 44.3 Å². The van der Waals surface area contributed by atoms with Crippen molar-refractivity contribution in [2.24, 2.45) is 0 Å². The third kappa shape index (κ3) is 4.19. The van der Waals surface area contributed by atoms with Crippen LogP contribution in [0.25, 0.3) is 99.2 Å². The normalized spacial score (nSPS) is 11.9. The second kappa shape index (κ2) is 10.8. The van der Waals surface area contributed by atoms with Crippen molar-refractivity contribution in [1.29, 1.82) is 0 Å². The fraction of sp³-hybridized carbons (Fsp3) is 0. The first kappa shape index (κ1) is 28.0. The van der Waals surface area contributed by atoms with E-state index in [0.29, 0.717) is 0 Å². The summed E-state index contributed by atoms with van der Waals surface area (Å²) in [6.45, 7) is 0. The molecule has 0 saturated heterocycles. The molecule has 238 valence electrons. The monoisotopic (exact) mass is 650 g/mol. The minimum atomic E-state index is 0.908. The van der Waals surface area contributed by atoms with Crippen LogP contribution in [0.2, 0.25) is 0 Å². The van der Waals surface area contributed by atoms with Crippen LogP contribution in [0.15, 0.2) is 186 Å². The van der Waals surface area contributed by atoms with Crippen LogP contribution >= 0.6 is 0 Å². The molecule has 3 heterocycles. The number of benzene rings is 8. The van der Waals surface area contributed by atoms with Gasteiger partial charge in [0.15, 0.2) is 5.58 Å². The zero-order valence-electron chi connectivity index (χ0n) is 27.6. The molecule has 51 heavy (non-hydrogen) atoms. The minimum Gasteiger partial charge on any atom is -0.454 e. The van der Waals surface area contributed by atoms with E-state index in [-0.39, 0.29) is 0 Å². The maximum atomic E-state index is 6.61. The van der Waals surface area contributed by atoms with E-state index in [1.54, 1.807) is 0 Å². The largest absolute Gasteiger partial charge is 0.454 e. The summed E-state index contributed by atoms with van der Waals surface area (Å²) in [6, 6.07) is 65.4. The molecular formula is C48H30N2O. The molecule has 11 rings (SSSR count). The maximum absolute atomic E-state index is 6.61. The Hall–Kier alpha value is -6.84. The van der Waals surface area contributed by atoms with Gasteiger partial charge in [0.25, 0.3) is 0 Å². The lowest BCUT2D eigenvalue weighted by Crippen LogP contribution is -1.94. The van der Waals surface area contributed by atoms with Crippen LogP contribution in [0, 0.1) is 0 Å². The van der Waals surface area contributed by atoms with Gasteiger partial charge in [-0.15, -0.1) is 0 Å². The molecule has 0 radical (unpaired) electrons. The maximum Gasteiger partial charge on any atom is 0.160 e. The zero-order valence-corrected chi connectivity index (χ0v) is 27.6. The average molecular weight is 651 g/mol. The van der Waals surface area contributed by atoms with Crippen LogP contribution in [-0.2, 0) is 0 Å². The summed E-state index contributed by atoms with van der Waals surface area (Å²) >= 11 is 0. The Morgan fingerprint density at radius 2 is 0.843 bits per heavy atom. The van der Waals surface area contributed by atoms with Crippen molar-refractivity contribution in [2.75, 3.05) is 0 Å². The summed E-state index contributed by atoms with van der Waals surface area (Å²) in [5.41, 5.74) is 13.6. The first-order valence-electron chi connectivity index (χ1n) is 17.4. The average Bonchev–Trinajstić information content (AvgIpc) is 3.86. The molecule has 0 aliphatic rings. The van der Waals surface area contributed by atoms with E-state index in [4.69, 9.17) is 4.42 Å². The van der Waals surface area contributed by atoms with Crippen LogP contribution in [0.5, 0.6) is 0 Å². The van der Waals surface area contributed by atoms with E-state index in [1.165, 1.54) is 54.8 Å². The molecule has 11 aromatic rings. The second-order valence-electron chi connectivity index (χ2n) is 13.3. The molecule has 0 atom stereocenters. The van der Waals surface area contributed by atoms with Crippen molar-refractivity contribution < 1.29 is 4.42 Å². The Kier molecular flexibility index (Phi) is 5.96. The minimum absolute atomic E-state index is 0.908. The predicted octanol–water partition coefficient (Wildman–Crippen LogP) is 13.1. The standard InChI is InChI=1S/C48H30N2O/c1-3-11-31(12-4-1)32-19-23-36(24-20-32)49-43-17-9-7-15-37(43)41-29-33(21-27-44(41)49)34-22-28-45-42(30-34)39-25-26-40-38-16-8-10-18-46(38)51-48(40)47(39)50(45)35-13-5-2-6-14-35/h1-30H. The number of hydrogen-bond donors (Lipinski definition) is 0. The first-order chi connectivity index (χ1) is 25.3. The summed E-state index contributed by atoms with van der Waals surface area (Å²) in [6.07, 6.45) is 0. The highest BCUT2D eigenvalue weighted by Gasteiger charge is 2.20. The van der Waals surface area contributed by atoms with Gasteiger partial charge in [0.1, 0.15) is 5.58 Å². The van der Waals surface area contributed by atoms with Crippen LogP contribution in [-0.4, -0.2) is 9.13 Å². The van der Waals surface area contributed by atoms with Gasteiger partial charge in [0.2, 0.25) is 0 Å². The van der Waals surface area contributed by atoms with E-state index in [2.05, 4.69) is 185 Å². The molecule has 0 aliphatic carbocycles. The molecule has 3 nitrogen and oxygen atoms in total. The Bertz CT molecular complexity index is 3110. The molecule has 0 unspecified atom stereocenters. The Morgan fingerprint density at radius 3 is 1.61 bits per heavy atom. The number of fused-ring (bicyclic) bond motifs is 10. The number of aromatic nitrogens is 2. The zero-order chi connectivity index (χ0) is 33.5. The molecule has 3 aromatic heterocycles. The summed E-state index contributed by atoms with van der Waals surface area (Å²) < 4.78 is 11.4. The molecule has 0 aliphatic heterocycles. The molecule has 0 amide bonds. The van der Waals surface area contributed by atoms with Gasteiger partial charge in [-0.2, -0.15) is 0 Å². The molecule has 0 N–H and O–H groups in total. The summed E-state index contributed by atoms with van der Waals surface area (Å²) in [7, 11) is 0. The van der Waals surface area contributed by atoms with Gasteiger partial charge in [-0.1, -0.05) is 115 Å². The van der Waals surface area contributed by atoms with E-state index in [1.807, 2.05) is 6.07 Å². The molecular weight excluding hydrogens is 621 g/mol. The van der Waals surface area contributed by atoms with Crippen LogP contribution in [0.4, 0.5) is 0 Å². The lowest BCUT2D eigenvalue weighted by molar-refractivity contribution is 0.671. The fourth-order valence-electron chi connectivity index (χ4n) is 8.17. The van der Waals surface area contributed by atoms with E-state index in [9.17, 15) is 0 Å². The number of para-hydroxylation sites is 3. The fourth-order valence-corrected chi connectivity index (χ4v) is 8.17. The number of rotatable bonds is 4. The van der Waals surface area contributed by atoms with Gasteiger partial charge in [-0.25, -0.2) is 0 Å². The molecule has 3 heteroatoms. The first-order valence-corrected chi connectivity index (χ1v) is 17.4. The third-order valence-electron chi connectivity index (χ3n) is 10.5. The Labute approximate surface area is 293 Å². The topological polar surface area (TPSA) is 23.0 Å². The van der Waals surface area contributed by atoms with Gasteiger partial charge < -0.3 is 13.6 Å². The Balaban J connectivity index is 1.10. The predicted molar refractivity (Wildman–Crippen MR) is 213 cm³/mol. The van der Waals surface area contributed by atoms with Crippen LogP contribution in [0.1, 0.15) is 0 Å². The van der Waals surface area contributed by atoms with E-state index >= 15 is 0 Å². The SMILES string of the molecule is c1ccc(-c2ccc(-n3c4ccccc4c4cc(-c5ccc6c(c5)c5ccc7c8ccccc8oc7c5n6-c5ccccc5)ccc43)cc2)cc1. The molecule has 8 aromatic carbocycles. The molecule has 0 bridgehead atoms. The molecule has 0 spiro atoms. The second-order valence-corrected chi connectivity index (χ2v) is 13.3. The highest BCUT2D eigenvalue weighted by atomic mass is 16.3. The summed E-state index contributed by atoms with van der Waals surface area (Å²) in [5, 5.41) is 7.14. The lowest BCUT2D eigenvalue weighted by atomic mass is 10.0. The van der Waals surface area contributed by atoms with Gasteiger partial charge in [-0.05, 0) is 89.0 Å². The number of nitrogens with zero attached hydrogens (tertiary/aromatic N) is 2. The summed E-state index contributed by atoms with van der Waals surface area (Å²) in [4.78, 5) is 0. The smallest absolute Gasteiger partial charge is 0.160 e. The van der Waals surface area contributed by atoms with Gasteiger partial charge in [0.05, 0.1) is 22.1 Å². The third-order valence-corrected chi connectivity index (χ3v) is 10.5. The van der Waals surface area contributed by atoms with Gasteiger partial charge in [0, 0.05) is 43.7 Å². The van der Waals surface area contributed by atoms with Crippen molar-refractivity contribution in [2.45, 2.75) is 0 Å². The highest BCUT2D eigenvalue weighted by molar-refractivity contribution is 6.22. The van der Waals surface area contributed by atoms with Crippen LogP contribution < -0.4 is 0 Å².